The Morgan fingerprint density at radius 3 is 2.16 bits per heavy atom. The van der Waals surface area contributed by atoms with E-state index in [0.29, 0.717) is 0 Å². The summed E-state index contributed by atoms with van der Waals surface area (Å²) < 4.78 is 0. The minimum Gasteiger partial charge on any atom is -0.405 e. The van der Waals surface area contributed by atoms with Crippen LogP contribution < -0.4 is 5.73 Å². The number of rotatable bonds is 6. The first kappa shape index (κ1) is 23.8. The second kappa shape index (κ2) is 10.0. The van der Waals surface area contributed by atoms with Crippen LogP contribution >= 0.6 is 0 Å². The molecule has 0 unspecified atom stereocenters. The van der Waals surface area contributed by atoms with Crippen molar-refractivity contribution in [1.29, 1.82) is 0 Å². The van der Waals surface area contributed by atoms with E-state index < -0.39 is 0 Å². The molecule has 5 aromatic carbocycles. The fraction of sp³-hybridized carbons (Fsp3) is 0.0811. The van der Waals surface area contributed by atoms with E-state index in [2.05, 4.69) is 123 Å². The highest BCUT2D eigenvalue weighted by atomic mass is 14.5. The fourth-order valence-electron chi connectivity index (χ4n) is 5.66. The van der Waals surface area contributed by atoms with Gasteiger partial charge in [0.2, 0.25) is 0 Å². The fourth-order valence-corrected chi connectivity index (χ4v) is 5.66. The third kappa shape index (κ3) is 4.27. The minimum atomic E-state index is 0.899. The van der Waals surface area contributed by atoms with Crippen LogP contribution in [-0.4, -0.2) is 0 Å². The van der Waals surface area contributed by atoms with E-state index in [-0.39, 0.29) is 0 Å². The van der Waals surface area contributed by atoms with Gasteiger partial charge in [-0.3, -0.25) is 0 Å². The number of benzene rings is 5. The Labute approximate surface area is 225 Å². The summed E-state index contributed by atoms with van der Waals surface area (Å²) in [6.07, 6.45) is 10.7. The van der Waals surface area contributed by atoms with Gasteiger partial charge in [-0.15, -0.1) is 0 Å². The van der Waals surface area contributed by atoms with Crippen molar-refractivity contribution in [2.45, 2.75) is 20.3 Å². The Morgan fingerprint density at radius 1 is 0.711 bits per heavy atom. The molecule has 1 heteroatoms. The molecule has 0 radical (unpaired) electrons. The molecule has 1 aliphatic carbocycles. The first-order valence-electron chi connectivity index (χ1n) is 13.2. The molecule has 0 saturated heterocycles. The monoisotopic (exact) mass is 489 g/mol. The standard InChI is InChI=1S/C37H31N/c1-25-23-30(28-16-14-27(15-17-28)9-4-3-7-22-38)19-18-29(25)24-26(2)31-20-21-36-33-11-6-5-10-32(33)35-13-8-12-34(31)37(35)36/h3-8,10-24H,9,38H2,1-2H3/b4-3-,22-7-,26-24+. The van der Waals surface area contributed by atoms with Gasteiger partial charge in [-0.25, -0.2) is 0 Å². The third-order valence-electron chi connectivity index (χ3n) is 7.61. The van der Waals surface area contributed by atoms with Gasteiger partial charge >= 0.3 is 0 Å². The lowest BCUT2D eigenvalue weighted by Gasteiger charge is -2.12. The second-order valence-corrected chi connectivity index (χ2v) is 10.0. The maximum Gasteiger partial charge on any atom is -0.00203 e. The van der Waals surface area contributed by atoms with Crippen LogP contribution in [0.2, 0.25) is 0 Å². The van der Waals surface area contributed by atoms with E-state index in [1.807, 2.05) is 12.2 Å². The number of aryl methyl sites for hydroxylation is 1. The van der Waals surface area contributed by atoms with Crippen molar-refractivity contribution in [2.24, 2.45) is 5.73 Å². The maximum atomic E-state index is 5.39. The number of hydrogen-bond donors (Lipinski definition) is 1. The zero-order valence-corrected chi connectivity index (χ0v) is 21.9. The first-order valence-corrected chi connectivity index (χ1v) is 13.2. The summed E-state index contributed by atoms with van der Waals surface area (Å²) in [6.45, 7) is 4.44. The second-order valence-electron chi connectivity index (χ2n) is 10.0. The highest BCUT2D eigenvalue weighted by Crippen LogP contribution is 2.48. The van der Waals surface area contributed by atoms with Crippen molar-refractivity contribution < 1.29 is 0 Å². The highest BCUT2D eigenvalue weighted by molar-refractivity contribution is 6.17. The maximum absolute atomic E-state index is 5.39. The Balaban J connectivity index is 1.30. The Bertz CT molecular complexity index is 1720. The average Bonchev–Trinajstić information content (AvgIpc) is 3.28. The van der Waals surface area contributed by atoms with Crippen molar-refractivity contribution in [1.82, 2.24) is 0 Å². The minimum absolute atomic E-state index is 0.899. The summed E-state index contributed by atoms with van der Waals surface area (Å²) in [5.74, 6) is 0. The Kier molecular flexibility index (Phi) is 6.27. The first-order chi connectivity index (χ1) is 18.6. The summed E-state index contributed by atoms with van der Waals surface area (Å²) >= 11 is 0. The molecule has 0 saturated carbocycles. The predicted octanol–water partition coefficient (Wildman–Crippen LogP) is 9.59. The highest BCUT2D eigenvalue weighted by Gasteiger charge is 2.21. The van der Waals surface area contributed by atoms with Gasteiger partial charge in [-0.2, -0.15) is 0 Å². The Morgan fingerprint density at radius 2 is 1.42 bits per heavy atom. The summed E-state index contributed by atoms with van der Waals surface area (Å²) in [5, 5.41) is 2.70. The number of nitrogens with two attached hydrogens (primary N) is 1. The molecule has 0 aromatic heterocycles. The van der Waals surface area contributed by atoms with Crippen molar-refractivity contribution in [3.63, 3.8) is 0 Å². The van der Waals surface area contributed by atoms with Crippen LogP contribution in [-0.2, 0) is 6.42 Å². The van der Waals surface area contributed by atoms with Gasteiger partial charge in [-0.05, 0) is 105 Å². The van der Waals surface area contributed by atoms with Crippen LogP contribution in [0.25, 0.3) is 55.8 Å². The smallest absolute Gasteiger partial charge is 0.00203 e. The molecule has 0 aliphatic heterocycles. The molecular formula is C37H31N. The van der Waals surface area contributed by atoms with E-state index >= 15 is 0 Å². The van der Waals surface area contributed by atoms with Gasteiger partial charge in [0, 0.05) is 0 Å². The van der Waals surface area contributed by atoms with Crippen LogP contribution in [0, 0.1) is 6.92 Å². The molecular weight excluding hydrogens is 458 g/mol. The van der Waals surface area contributed by atoms with Crippen molar-refractivity contribution >= 4 is 22.4 Å². The lowest BCUT2D eigenvalue weighted by atomic mass is 9.92. The van der Waals surface area contributed by atoms with Gasteiger partial charge in [0.1, 0.15) is 0 Å². The molecule has 38 heavy (non-hydrogen) atoms. The van der Waals surface area contributed by atoms with Crippen LogP contribution in [0.15, 0.2) is 121 Å². The molecule has 0 spiro atoms. The quantitative estimate of drug-likeness (QED) is 0.183. The van der Waals surface area contributed by atoms with Gasteiger partial charge in [0.25, 0.3) is 0 Å². The van der Waals surface area contributed by atoms with Gasteiger partial charge < -0.3 is 5.73 Å². The predicted molar refractivity (Wildman–Crippen MR) is 165 cm³/mol. The molecule has 0 heterocycles. The lowest BCUT2D eigenvalue weighted by Crippen LogP contribution is -1.88. The van der Waals surface area contributed by atoms with Crippen molar-refractivity contribution in [3.05, 3.63) is 144 Å². The van der Waals surface area contributed by atoms with Crippen LogP contribution in [0.5, 0.6) is 0 Å². The zero-order chi connectivity index (χ0) is 26.1. The topological polar surface area (TPSA) is 26.0 Å². The third-order valence-corrected chi connectivity index (χ3v) is 7.61. The molecule has 1 nitrogen and oxygen atoms in total. The summed E-state index contributed by atoms with van der Waals surface area (Å²) in [6, 6.07) is 35.7. The molecule has 0 amide bonds. The molecule has 184 valence electrons. The summed E-state index contributed by atoms with van der Waals surface area (Å²) in [7, 11) is 0. The molecule has 2 N–H and O–H groups in total. The normalized spacial score (nSPS) is 12.6. The lowest BCUT2D eigenvalue weighted by molar-refractivity contribution is 1.27. The van der Waals surface area contributed by atoms with Gasteiger partial charge in [0.15, 0.2) is 0 Å². The molecule has 1 aliphatic rings. The Hall–Kier alpha value is -4.62. The molecule has 5 aromatic rings. The number of allylic oxidation sites excluding steroid dienone is 4. The van der Waals surface area contributed by atoms with E-state index in [1.165, 1.54) is 72.0 Å². The van der Waals surface area contributed by atoms with Crippen molar-refractivity contribution in [2.75, 3.05) is 0 Å². The van der Waals surface area contributed by atoms with E-state index in [4.69, 9.17) is 5.73 Å². The molecule has 6 rings (SSSR count). The van der Waals surface area contributed by atoms with Crippen LogP contribution in [0.1, 0.15) is 29.2 Å². The van der Waals surface area contributed by atoms with E-state index in [1.54, 1.807) is 6.20 Å². The summed E-state index contributed by atoms with van der Waals surface area (Å²) in [4.78, 5) is 0. The summed E-state index contributed by atoms with van der Waals surface area (Å²) in [5.41, 5.74) is 19.6. The van der Waals surface area contributed by atoms with Crippen LogP contribution in [0.3, 0.4) is 0 Å². The zero-order valence-electron chi connectivity index (χ0n) is 21.9. The van der Waals surface area contributed by atoms with Crippen LogP contribution in [0.4, 0.5) is 0 Å². The molecule has 0 atom stereocenters. The molecule has 0 bridgehead atoms. The number of fused-ring (bicyclic) bond motifs is 3. The van der Waals surface area contributed by atoms with Gasteiger partial charge in [-0.1, -0.05) is 115 Å². The van der Waals surface area contributed by atoms with Gasteiger partial charge in [0.05, 0.1) is 0 Å². The van der Waals surface area contributed by atoms with Crippen molar-refractivity contribution in [3.8, 4) is 33.4 Å². The molecule has 0 fully saturated rings. The van der Waals surface area contributed by atoms with E-state index in [0.717, 1.165) is 6.42 Å². The SMILES string of the molecule is C/C(=C\c1ccc(-c2ccc(C/C=C\C=C/N)cc2)cc1C)c1ccc2c3c(cccc13)-c1ccccc1-2. The average molecular weight is 490 g/mol. The van der Waals surface area contributed by atoms with E-state index in [9.17, 15) is 0 Å². The number of hydrogen-bond acceptors (Lipinski definition) is 1. The largest absolute Gasteiger partial charge is 0.405 e.